The summed E-state index contributed by atoms with van der Waals surface area (Å²) in [6, 6.07) is 0.263. The molecule has 2 saturated heterocycles. The van der Waals surface area contributed by atoms with Gasteiger partial charge in [-0.2, -0.15) is 0 Å². The van der Waals surface area contributed by atoms with Crippen molar-refractivity contribution in [3.63, 3.8) is 0 Å². The second-order valence-corrected chi connectivity index (χ2v) is 10.4. The van der Waals surface area contributed by atoms with Gasteiger partial charge in [0.1, 0.15) is 16.6 Å². The van der Waals surface area contributed by atoms with Crippen molar-refractivity contribution in [3.8, 4) is 0 Å². The van der Waals surface area contributed by atoms with E-state index in [0.717, 1.165) is 50.6 Å². The van der Waals surface area contributed by atoms with Gasteiger partial charge in [-0.25, -0.2) is 15.0 Å². The van der Waals surface area contributed by atoms with E-state index in [0.29, 0.717) is 10.7 Å². The zero-order valence-electron chi connectivity index (χ0n) is 18.6. The summed E-state index contributed by atoms with van der Waals surface area (Å²) in [6.07, 6.45) is 8.40. The van der Waals surface area contributed by atoms with Crippen molar-refractivity contribution in [2.24, 2.45) is 16.1 Å². The summed E-state index contributed by atoms with van der Waals surface area (Å²) in [5.41, 5.74) is 6.26. The Morgan fingerprint density at radius 1 is 1.31 bits per heavy atom. The molecule has 1 aromatic rings. The number of amidine groups is 1. The number of nitrogens with two attached hydrogens (primary N) is 1. The summed E-state index contributed by atoms with van der Waals surface area (Å²) in [4.78, 5) is 18.0. The lowest BCUT2D eigenvalue weighted by Gasteiger charge is -2.43. The molecule has 3 aliphatic rings. The predicted octanol–water partition coefficient (Wildman–Crippen LogP) is 1.75. The van der Waals surface area contributed by atoms with E-state index in [1.165, 1.54) is 11.9 Å². The standard InChI is InChI=1S/C21H32ClN7O2S/c1-14(23)21(2)5-9-27(10-6-21)19-16(13-31)25-18(11-24-19)32-29-8-4-17(26-20(29)22)28-7-3-15(28)12-30/h4,8,11,14-15,20,30-31H,3,5-7,9-10,12-13,23H2,1-2H3. The Morgan fingerprint density at radius 2 is 2.06 bits per heavy atom. The van der Waals surface area contributed by atoms with Gasteiger partial charge in [0.15, 0.2) is 5.82 Å². The van der Waals surface area contributed by atoms with Crippen LogP contribution in [0.5, 0.6) is 0 Å². The number of piperidine rings is 1. The summed E-state index contributed by atoms with van der Waals surface area (Å²) in [5, 5.41) is 20.0. The molecule has 32 heavy (non-hydrogen) atoms. The molecule has 1 aromatic heterocycles. The minimum atomic E-state index is -0.600. The lowest BCUT2D eigenvalue weighted by molar-refractivity contribution is 0.105. The Hall–Kier alpha value is -1.59. The molecule has 0 amide bonds. The third-order valence-corrected chi connectivity index (χ3v) is 8.26. The van der Waals surface area contributed by atoms with Crippen LogP contribution in [0, 0.1) is 5.41 Å². The Labute approximate surface area is 198 Å². The molecule has 0 aromatic carbocycles. The van der Waals surface area contributed by atoms with Crippen LogP contribution in [0.2, 0.25) is 0 Å². The zero-order chi connectivity index (χ0) is 22.9. The summed E-state index contributed by atoms with van der Waals surface area (Å²) in [5.74, 6) is 1.52. The summed E-state index contributed by atoms with van der Waals surface area (Å²) < 4.78 is 1.79. The maximum Gasteiger partial charge on any atom is 0.209 e. The maximum absolute atomic E-state index is 9.94. The number of aliphatic imine (C=N–C) groups is 1. The molecule has 0 aliphatic carbocycles. The summed E-state index contributed by atoms with van der Waals surface area (Å²) >= 11 is 7.81. The molecule has 3 unspecified atom stereocenters. The molecular weight excluding hydrogens is 450 g/mol. The summed E-state index contributed by atoms with van der Waals surface area (Å²) in [7, 11) is 0. The molecule has 0 bridgehead atoms. The van der Waals surface area contributed by atoms with E-state index in [1.54, 1.807) is 10.5 Å². The van der Waals surface area contributed by atoms with Crippen LogP contribution >= 0.6 is 23.5 Å². The Kier molecular flexibility index (Phi) is 7.16. The molecule has 176 valence electrons. The van der Waals surface area contributed by atoms with Crippen molar-refractivity contribution in [2.75, 3.05) is 31.1 Å². The average molecular weight is 482 g/mol. The molecule has 3 atom stereocenters. The van der Waals surface area contributed by atoms with Crippen molar-refractivity contribution < 1.29 is 10.2 Å². The lowest BCUT2D eigenvalue weighted by Crippen LogP contribution is -2.53. The first-order valence-electron chi connectivity index (χ1n) is 11.1. The normalized spacial score (nSPS) is 26.1. The number of alkyl halides is 1. The highest BCUT2D eigenvalue weighted by atomic mass is 35.5. The number of halogens is 1. The first-order chi connectivity index (χ1) is 15.3. The fourth-order valence-corrected chi connectivity index (χ4v) is 5.21. The average Bonchev–Trinajstić information content (AvgIpc) is 2.76. The van der Waals surface area contributed by atoms with Gasteiger partial charge >= 0.3 is 0 Å². The second-order valence-electron chi connectivity index (χ2n) is 8.95. The van der Waals surface area contributed by atoms with Crippen LogP contribution in [0.15, 0.2) is 28.5 Å². The van der Waals surface area contributed by atoms with Crippen molar-refractivity contribution >= 4 is 35.2 Å². The van der Waals surface area contributed by atoms with Crippen LogP contribution in [-0.2, 0) is 6.61 Å². The number of hydrogen-bond acceptors (Lipinski definition) is 10. The Balaban J connectivity index is 1.41. The first kappa shape index (κ1) is 23.6. The van der Waals surface area contributed by atoms with Crippen molar-refractivity contribution in [1.82, 2.24) is 19.2 Å². The third-order valence-electron chi connectivity index (χ3n) is 6.92. The van der Waals surface area contributed by atoms with Gasteiger partial charge in [0, 0.05) is 43.8 Å². The fourth-order valence-electron chi connectivity index (χ4n) is 4.21. The highest BCUT2D eigenvalue weighted by Crippen LogP contribution is 2.36. The van der Waals surface area contributed by atoms with E-state index >= 15 is 0 Å². The fraction of sp³-hybridized carbons (Fsp3) is 0.667. The molecule has 4 rings (SSSR count). The number of likely N-dealkylation sites (tertiary alicyclic amines) is 1. The van der Waals surface area contributed by atoms with E-state index in [-0.39, 0.29) is 30.7 Å². The number of nitrogens with zero attached hydrogens (tertiary/aromatic N) is 6. The molecule has 4 heterocycles. The topological polar surface area (TPSA) is 114 Å². The SMILES string of the molecule is CC(N)C1(C)CCN(c2ncc(SN3C=CC(N4CCC4CO)=NC3Cl)nc2CO)CC1. The minimum Gasteiger partial charge on any atom is -0.394 e. The highest BCUT2D eigenvalue weighted by Gasteiger charge is 2.35. The number of aliphatic hydroxyl groups excluding tert-OH is 2. The van der Waals surface area contributed by atoms with Gasteiger partial charge in [0.25, 0.3) is 0 Å². The van der Waals surface area contributed by atoms with Gasteiger partial charge in [0.05, 0.1) is 25.5 Å². The number of anilines is 1. The van der Waals surface area contributed by atoms with Crippen LogP contribution in [0.25, 0.3) is 0 Å². The van der Waals surface area contributed by atoms with E-state index in [1.807, 2.05) is 12.3 Å². The number of aliphatic hydroxyl groups is 2. The van der Waals surface area contributed by atoms with Crippen LogP contribution < -0.4 is 10.6 Å². The lowest BCUT2D eigenvalue weighted by atomic mass is 9.75. The number of hydrogen-bond donors (Lipinski definition) is 3. The third kappa shape index (κ3) is 4.70. The Morgan fingerprint density at radius 3 is 2.62 bits per heavy atom. The zero-order valence-corrected chi connectivity index (χ0v) is 20.1. The molecule has 0 saturated carbocycles. The second kappa shape index (κ2) is 9.72. The molecule has 11 heteroatoms. The predicted molar refractivity (Wildman–Crippen MR) is 127 cm³/mol. The molecule has 3 aliphatic heterocycles. The van der Waals surface area contributed by atoms with Crippen LogP contribution in [-0.4, -0.2) is 79.2 Å². The molecular formula is C21H32ClN7O2S. The molecule has 9 nitrogen and oxygen atoms in total. The van der Waals surface area contributed by atoms with Crippen LogP contribution in [0.4, 0.5) is 5.82 Å². The van der Waals surface area contributed by atoms with Crippen LogP contribution in [0.1, 0.15) is 38.8 Å². The number of aromatic nitrogens is 2. The highest BCUT2D eigenvalue weighted by molar-refractivity contribution is 7.97. The molecule has 0 radical (unpaired) electrons. The first-order valence-corrected chi connectivity index (χ1v) is 12.3. The van der Waals surface area contributed by atoms with Gasteiger partial charge in [-0.3, -0.25) is 4.31 Å². The largest absolute Gasteiger partial charge is 0.394 e. The smallest absolute Gasteiger partial charge is 0.209 e. The van der Waals surface area contributed by atoms with Gasteiger partial charge in [-0.15, -0.1) is 0 Å². The van der Waals surface area contributed by atoms with E-state index in [9.17, 15) is 10.2 Å². The maximum atomic E-state index is 9.94. The number of rotatable bonds is 6. The van der Waals surface area contributed by atoms with Crippen LogP contribution in [0.3, 0.4) is 0 Å². The quantitative estimate of drug-likeness (QED) is 0.317. The van der Waals surface area contributed by atoms with Crippen molar-refractivity contribution in [3.05, 3.63) is 24.2 Å². The molecule has 2 fully saturated rings. The van der Waals surface area contributed by atoms with E-state index in [2.05, 4.69) is 38.6 Å². The Bertz CT molecular complexity index is 874. The van der Waals surface area contributed by atoms with E-state index < -0.39 is 5.62 Å². The van der Waals surface area contributed by atoms with E-state index in [4.69, 9.17) is 17.3 Å². The van der Waals surface area contributed by atoms with Crippen molar-refractivity contribution in [2.45, 2.75) is 62.5 Å². The molecule has 4 N–H and O–H groups in total. The van der Waals surface area contributed by atoms with Gasteiger partial charge in [-0.1, -0.05) is 18.5 Å². The van der Waals surface area contributed by atoms with Gasteiger partial charge in [0.2, 0.25) is 5.62 Å². The van der Waals surface area contributed by atoms with Gasteiger partial charge < -0.3 is 25.7 Å². The monoisotopic (exact) mass is 481 g/mol. The minimum absolute atomic E-state index is 0.117. The van der Waals surface area contributed by atoms with Crippen molar-refractivity contribution in [1.29, 1.82) is 0 Å². The molecule has 0 spiro atoms. The van der Waals surface area contributed by atoms with Gasteiger partial charge in [-0.05, 0) is 37.7 Å². The summed E-state index contributed by atoms with van der Waals surface area (Å²) in [6.45, 7) is 6.80.